The van der Waals surface area contributed by atoms with Crippen LogP contribution >= 0.6 is 0 Å². The van der Waals surface area contributed by atoms with Crippen molar-refractivity contribution < 1.29 is 18.0 Å². The number of rotatable bonds is 5. The summed E-state index contributed by atoms with van der Waals surface area (Å²) < 4.78 is 39.3. The number of carbonyl (C=O) groups is 1. The van der Waals surface area contributed by atoms with E-state index in [1.807, 2.05) is 6.07 Å². The van der Waals surface area contributed by atoms with Gasteiger partial charge < -0.3 is 10.6 Å². The number of hydrogen-bond donors (Lipinski definition) is 2. The summed E-state index contributed by atoms with van der Waals surface area (Å²) in [6.45, 7) is 0.228. The van der Waals surface area contributed by atoms with Gasteiger partial charge in [-0.15, -0.1) is 0 Å². The first-order chi connectivity index (χ1) is 12.9. The van der Waals surface area contributed by atoms with Crippen molar-refractivity contribution >= 4 is 11.7 Å². The number of para-hydroxylation sites is 1. The molecule has 2 amide bonds. The fourth-order valence-corrected chi connectivity index (χ4v) is 2.58. The molecule has 0 bridgehead atoms. The molecule has 0 radical (unpaired) electrons. The summed E-state index contributed by atoms with van der Waals surface area (Å²) in [6.07, 6.45) is -1.56. The van der Waals surface area contributed by atoms with Crippen molar-refractivity contribution in [2.24, 2.45) is 0 Å². The monoisotopic (exact) mass is 375 g/mol. The number of hydrogen-bond acceptors (Lipinski definition) is 3. The zero-order valence-electron chi connectivity index (χ0n) is 14.0. The molecule has 0 saturated carbocycles. The summed E-state index contributed by atoms with van der Waals surface area (Å²) in [5, 5.41) is 13.0. The molecule has 1 aromatic heterocycles. The Labute approximate surface area is 153 Å². The predicted octanol–water partition coefficient (Wildman–Crippen LogP) is 3.86. The molecule has 0 aliphatic carbocycles. The number of alkyl halides is 3. The van der Waals surface area contributed by atoms with Crippen LogP contribution in [0.25, 0.3) is 0 Å². The largest absolute Gasteiger partial charge is 0.418 e. The van der Waals surface area contributed by atoms with Crippen molar-refractivity contribution in [3.05, 3.63) is 78.1 Å². The number of carbonyl (C=O) groups excluding carboxylic acids is 1. The lowest BCUT2D eigenvalue weighted by Gasteiger charge is -2.20. The van der Waals surface area contributed by atoms with Gasteiger partial charge in [0.15, 0.2) is 0 Å². The molecule has 2 aromatic carbocycles. The quantitative estimate of drug-likeness (QED) is 0.711. The van der Waals surface area contributed by atoms with Crippen LogP contribution in [0.1, 0.15) is 17.2 Å². The van der Waals surface area contributed by atoms with Gasteiger partial charge >= 0.3 is 12.2 Å². The minimum absolute atomic E-state index is 0.228. The Morgan fingerprint density at radius 1 is 1.00 bits per heavy atom. The highest BCUT2D eigenvalue weighted by Gasteiger charge is 2.33. The summed E-state index contributed by atoms with van der Waals surface area (Å²) in [5.74, 6) is 0. The van der Waals surface area contributed by atoms with Crippen LogP contribution in [-0.2, 0) is 12.7 Å². The van der Waals surface area contributed by atoms with Crippen molar-refractivity contribution in [2.75, 3.05) is 5.32 Å². The van der Waals surface area contributed by atoms with Gasteiger partial charge in [0.2, 0.25) is 0 Å². The molecule has 3 aromatic rings. The van der Waals surface area contributed by atoms with E-state index < -0.39 is 23.8 Å². The zero-order chi connectivity index (χ0) is 19.3. The van der Waals surface area contributed by atoms with E-state index in [0.717, 1.165) is 11.6 Å². The van der Waals surface area contributed by atoms with E-state index in [0.29, 0.717) is 0 Å². The van der Waals surface area contributed by atoms with Gasteiger partial charge in [0, 0.05) is 0 Å². The summed E-state index contributed by atoms with van der Waals surface area (Å²) in [7, 11) is 0. The molecule has 6 nitrogen and oxygen atoms in total. The molecule has 9 heteroatoms. The molecule has 1 heterocycles. The van der Waals surface area contributed by atoms with E-state index in [1.165, 1.54) is 35.4 Å². The Bertz CT molecular complexity index is 882. The standard InChI is InChI=1S/C18H16F3N5O/c19-18(20,21)14-8-4-5-9-15(14)24-17(27)25-16(12-26-22-10-11-23-26)13-6-2-1-3-7-13/h1-11,16H,12H2,(H2,24,25,27). The van der Waals surface area contributed by atoms with E-state index in [4.69, 9.17) is 0 Å². The number of aromatic nitrogens is 3. The maximum atomic E-state index is 13.1. The van der Waals surface area contributed by atoms with Crippen LogP contribution in [0.5, 0.6) is 0 Å². The van der Waals surface area contributed by atoms with Crippen LogP contribution < -0.4 is 10.6 Å². The average Bonchev–Trinajstić information content (AvgIpc) is 3.14. The average molecular weight is 375 g/mol. The lowest BCUT2D eigenvalue weighted by Crippen LogP contribution is -2.35. The van der Waals surface area contributed by atoms with Crippen LogP contribution in [0.15, 0.2) is 67.0 Å². The highest BCUT2D eigenvalue weighted by atomic mass is 19.4. The smallest absolute Gasteiger partial charge is 0.329 e. The molecule has 1 atom stereocenters. The number of nitrogens with zero attached hydrogens (tertiary/aromatic N) is 3. The second-order valence-electron chi connectivity index (χ2n) is 5.69. The lowest BCUT2D eigenvalue weighted by molar-refractivity contribution is -0.136. The third-order valence-corrected chi connectivity index (χ3v) is 3.80. The summed E-state index contributed by atoms with van der Waals surface area (Å²) in [6, 6.07) is 12.6. The molecule has 1 unspecified atom stereocenters. The Hall–Kier alpha value is -3.36. The number of anilines is 1. The van der Waals surface area contributed by atoms with Gasteiger partial charge in [0.05, 0.1) is 36.2 Å². The second kappa shape index (κ2) is 7.90. The predicted molar refractivity (Wildman–Crippen MR) is 92.8 cm³/mol. The number of nitrogens with one attached hydrogen (secondary N) is 2. The first kappa shape index (κ1) is 18.4. The van der Waals surface area contributed by atoms with E-state index in [-0.39, 0.29) is 12.2 Å². The Morgan fingerprint density at radius 2 is 1.63 bits per heavy atom. The molecule has 140 valence electrons. The van der Waals surface area contributed by atoms with Gasteiger partial charge in [-0.05, 0) is 17.7 Å². The SMILES string of the molecule is O=C(Nc1ccccc1C(F)(F)F)NC(Cn1nccn1)c1ccccc1. The molecular formula is C18H16F3N5O. The molecule has 0 aliphatic rings. The number of urea groups is 1. The van der Waals surface area contributed by atoms with Crippen molar-refractivity contribution in [1.82, 2.24) is 20.3 Å². The minimum atomic E-state index is -4.57. The molecule has 0 aliphatic heterocycles. The van der Waals surface area contributed by atoms with Gasteiger partial charge in [-0.2, -0.15) is 28.2 Å². The van der Waals surface area contributed by atoms with E-state index >= 15 is 0 Å². The Balaban J connectivity index is 1.77. The van der Waals surface area contributed by atoms with Crippen LogP contribution in [0.2, 0.25) is 0 Å². The maximum absolute atomic E-state index is 13.1. The van der Waals surface area contributed by atoms with Crippen molar-refractivity contribution in [3.8, 4) is 0 Å². The first-order valence-corrected chi connectivity index (χ1v) is 8.06. The van der Waals surface area contributed by atoms with Crippen molar-refractivity contribution in [2.45, 2.75) is 18.8 Å². The molecule has 3 rings (SSSR count). The minimum Gasteiger partial charge on any atom is -0.329 e. The van der Waals surface area contributed by atoms with Crippen LogP contribution in [0, 0.1) is 0 Å². The fourth-order valence-electron chi connectivity index (χ4n) is 2.58. The van der Waals surface area contributed by atoms with Crippen molar-refractivity contribution in [1.29, 1.82) is 0 Å². The maximum Gasteiger partial charge on any atom is 0.418 e. The third-order valence-electron chi connectivity index (χ3n) is 3.80. The highest BCUT2D eigenvalue weighted by molar-refractivity contribution is 5.90. The van der Waals surface area contributed by atoms with Gasteiger partial charge in [-0.25, -0.2) is 4.79 Å². The molecular weight excluding hydrogens is 359 g/mol. The number of benzene rings is 2. The van der Waals surface area contributed by atoms with E-state index in [1.54, 1.807) is 24.3 Å². The topological polar surface area (TPSA) is 71.8 Å². The van der Waals surface area contributed by atoms with Crippen molar-refractivity contribution in [3.63, 3.8) is 0 Å². The van der Waals surface area contributed by atoms with Gasteiger partial charge in [0.1, 0.15) is 0 Å². The second-order valence-corrected chi connectivity index (χ2v) is 5.69. The molecule has 0 fully saturated rings. The number of halogens is 3. The Kier molecular flexibility index (Phi) is 5.39. The lowest BCUT2D eigenvalue weighted by atomic mass is 10.1. The molecule has 2 N–H and O–H groups in total. The summed E-state index contributed by atoms with van der Waals surface area (Å²) >= 11 is 0. The fraction of sp³-hybridized carbons (Fsp3) is 0.167. The normalized spacial score (nSPS) is 12.4. The van der Waals surface area contributed by atoms with Crippen LogP contribution in [0.3, 0.4) is 0 Å². The first-order valence-electron chi connectivity index (χ1n) is 8.06. The highest BCUT2D eigenvalue weighted by Crippen LogP contribution is 2.34. The molecule has 27 heavy (non-hydrogen) atoms. The summed E-state index contributed by atoms with van der Waals surface area (Å²) in [5.41, 5.74) is -0.453. The van der Waals surface area contributed by atoms with Gasteiger partial charge in [-0.1, -0.05) is 42.5 Å². The van der Waals surface area contributed by atoms with E-state index in [2.05, 4.69) is 20.8 Å². The van der Waals surface area contributed by atoms with Gasteiger partial charge in [0.25, 0.3) is 0 Å². The third kappa shape index (κ3) is 4.84. The van der Waals surface area contributed by atoms with Gasteiger partial charge in [-0.3, -0.25) is 0 Å². The van der Waals surface area contributed by atoms with Crippen LogP contribution in [-0.4, -0.2) is 21.0 Å². The zero-order valence-corrected chi connectivity index (χ0v) is 14.0. The molecule has 0 spiro atoms. The van der Waals surface area contributed by atoms with Crippen LogP contribution in [0.4, 0.5) is 23.7 Å². The number of amides is 2. The summed E-state index contributed by atoms with van der Waals surface area (Å²) in [4.78, 5) is 13.8. The Morgan fingerprint density at radius 3 is 2.30 bits per heavy atom. The molecule has 0 saturated heterocycles. The van der Waals surface area contributed by atoms with E-state index in [9.17, 15) is 18.0 Å².